The van der Waals surface area contributed by atoms with Gasteiger partial charge >= 0.3 is 0 Å². The zero-order chi connectivity index (χ0) is 24.8. The number of benzene rings is 2. The number of fused-ring (bicyclic) bond motifs is 1. The Balaban J connectivity index is 0.00000361. The third kappa shape index (κ3) is 6.82. The molecule has 0 fully saturated rings. The van der Waals surface area contributed by atoms with Gasteiger partial charge in [-0.25, -0.2) is 0 Å². The lowest BCUT2D eigenvalue weighted by Gasteiger charge is -2.25. The standard InChI is InChI=1S/C29H37N3O3.ClH/c1-5-6-7-10-22(23-11-8-12-26-28(23)35-20-34-26)18-27(33)31-25-17-21(19-32-16-9-15-30-32)13-14-24(25)29(2,3)4;/h8-9,11-17,22H,5-7,10,18-20H2,1-4H3,(H,31,33);1H. The van der Waals surface area contributed by atoms with Gasteiger partial charge in [0.2, 0.25) is 12.7 Å². The molecule has 4 rings (SSSR count). The number of carbonyl (C=O) groups excluding carboxylic acids is 1. The number of amides is 1. The summed E-state index contributed by atoms with van der Waals surface area (Å²) in [7, 11) is 0. The van der Waals surface area contributed by atoms with Crippen molar-refractivity contribution < 1.29 is 14.3 Å². The van der Waals surface area contributed by atoms with E-state index in [0.717, 1.165) is 59.6 Å². The molecule has 0 aliphatic carbocycles. The molecule has 1 atom stereocenters. The molecule has 194 valence electrons. The van der Waals surface area contributed by atoms with Crippen molar-refractivity contribution in [2.24, 2.45) is 0 Å². The molecule has 1 aromatic heterocycles. The van der Waals surface area contributed by atoms with E-state index in [1.165, 1.54) is 0 Å². The fourth-order valence-electron chi connectivity index (χ4n) is 4.74. The van der Waals surface area contributed by atoms with Gasteiger partial charge in [0.1, 0.15) is 0 Å². The number of aromatic nitrogens is 2. The first-order valence-electron chi connectivity index (χ1n) is 12.6. The molecule has 1 unspecified atom stereocenters. The fraction of sp³-hybridized carbons (Fsp3) is 0.448. The molecular weight excluding hydrogens is 474 g/mol. The van der Waals surface area contributed by atoms with Crippen molar-refractivity contribution in [2.45, 2.75) is 77.7 Å². The van der Waals surface area contributed by atoms with Gasteiger partial charge in [-0.3, -0.25) is 9.48 Å². The van der Waals surface area contributed by atoms with E-state index in [1.807, 2.05) is 29.1 Å². The summed E-state index contributed by atoms with van der Waals surface area (Å²) in [6.07, 6.45) is 8.42. The van der Waals surface area contributed by atoms with Crippen LogP contribution < -0.4 is 14.8 Å². The van der Waals surface area contributed by atoms with Gasteiger partial charge in [-0.2, -0.15) is 5.10 Å². The van der Waals surface area contributed by atoms with Crippen molar-refractivity contribution in [1.82, 2.24) is 9.78 Å². The highest BCUT2D eigenvalue weighted by Crippen LogP contribution is 2.42. The van der Waals surface area contributed by atoms with Crippen LogP contribution in [0.2, 0.25) is 0 Å². The quantitative estimate of drug-likeness (QED) is 0.295. The highest BCUT2D eigenvalue weighted by molar-refractivity contribution is 5.92. The zero-order valence-corrected chi connectivity index (χ0v) is 22.6. The first-order chi connectivity index (χ1) is 16.8. The summed E-state index contributed by atoms with van der Waals surface area (Å²) in [5.41, 5.74) is 4.06. The molecule has 2 heterocycles. The van der Waals surface area contributed by atoms with Crippen LogP contribution in [0.1, 0.15) is 82.4 Å². The maximum atomic E-state index is 13.4. The van der Waals surface area contributed by atoms with Gasteiger partial charge in [0.25, 0.3) is 0 Å². The number of ether oxygens (including phenoxy) is 2. The summed E-state index contributed by atoms with van der Waals surface area (Å²) in [6, 6.07) is 14.2. The van der Waals surface area contributed by atoms with Crippen LogP contribution in [0.25, 0.3) is 0 Å². The Kier molecular flexibility index (Phi) is 9.43. The van der Waals surface area contributed by atoms with Crippen molar-refractivity contribution in [1.29, 1.82) is 0 Å². The van der Waals surface area contributed by atoms with E-state index in [9.17, 15) is 4.79 Å². The molecule has 0 saturated heterocycles. The van der Waals surface area contributed by atoms with Crippen LogP contribution in [0.15, 0.2) is 54.9 Å². The third-order valence-electron chi connectivity index (χ3n) is 6.52. The number of nitrogens with one attached hydrogen (secondary N) is 1. The second-order valence-corrected chi connectivity index (χ2v) is 10.4. The predicted octanol–water partition coefficient (Wildman–Crippen LogP) is 7.07. The lowest BCUT2D eigenvalue weighted by Crippen LogP contribution is -2.21. The van der Waals surface area contributed by atoms with E-state index in [0.29, 0.717) is 13.0 Å². The molecule has 0 saturated carbocycles. The average Bonchev–Trinajstić information content (AvgIpc) is 3.49. The minimum absolute atomic E-state index is 0. The number of para-hydroxylation sites is 1. The van der Waals surface area contributed by atoms with Crippen LogP contribution in [0, 0.1) is 0 Å². The van der Waals surface area contributed by atoms with Gasteiger partial charge in [0.15, 0.2) is 11.5 Å². The maximum absolute atomic E-state index is 13.4. The minimum Gasteiger partial charge on any atom is -0.454 e. The predicted molar refractivity (Wildman–Crippen MR) is 146 cm³/mol. The van der Waals surface area contributed by atoms with Crippen molar-refractivity contribution in [3.63, 3.8) is 0 Å². The van der Waals surface area contributed by atoms with Gasteiger partial charge in [0.05, 0.1) is 6.54 Å². The minimum atomic E-state index is -0.0984. The van der Waals surface area contributed by atoms with Crippen LogP contribution in [0.4, 0.5) is 5.69 Å². The summed E-state index contributed by atoms with van der Waals surface area (Å²) in [4.78, 5) is 13.4. The molecule has 0 spiro atoms. The fourth-order valence-corrected chi connectivity index (χ4v) is 4.74. The van der Waals surface area contributed by atoms with Crippen LogP contribution in [-0.2, 0) is 16.8 Å². The summed E-state index contributed by atoms with van der Waals surface area (Å²) in [6.45, 7) is 9.60. The Morgan fingerprint density at radius 3 is 2.69 bits per heavy atom. The lowest BCUT2D eigenvalue weighted by atomic mass is 9.85. The number of unbranched alkanes of at least 4 members (excludes halogenated alkanes) is 2. The van der Waals surface area contributed by atoms with Gasteiger partial charge in [-0.05, 0) is 47.1 Å². The monoisotopic (exact) mass is 511 g/mol. The van der Waals surface area contributed by atoms with Crippen molar-refractivity contribution >= 4 is 24.0 Å². The van der Waals surface area contributed by atoms with E-state index >= 15 is 0 Å². The topological polar surface area (TPSA) is 65.4 Å². The maximum Gasteiger partial charge on any atom is 0.231 e. The van der Waals surface area contributed by atoms with E-state index in [-0.39, 0.29) is 36.4 Å². The van der Waals surface area contributed by atoms with Gasteiger partial charge in [-0.1, -0.05) is 71.2 Å². The van der Waals surface area contributed by atoms with Crippen molar-refractivity contribution in [3.8, 4) is 11.5 Å². The largest absolute Gasteiger partial charge is 0.454 e. The molecular formula is C29H38ClN3O3. The Hall–Kier alpha value is -2.99. The molecule has 1 aliphatic rings. The average molecular weight is 512 g/mol. The van der Waals surface area contributed by atoms with Crippen LogP contribution in [0.5, 0.6) is 11.5 Å². The summed E-state index contributed by atoms with van der Waals surface area (Å²) >= 11 is 0. The number of anilines is 1. The van der Waals surface area contributed by atoms with E-state index in [2.05, 4.69) is 62.4 Å². The van der Waals surface area contributed by atoms with Gasteiger partial charge in [0, 0.05) is 30.1 Å². The second-order valence-electron chi connectivity index (χ2n) is 10.4. The molecule has 0 radical (unpaired) electrons. The highest BCUT2D eigenvalue weighted by atomic mass is 35.5. The van der Waals surface area contributed by atoms with E-state index in [4.69, 9.17) is 9.47 Å². The third-order valence-corrected chi connectivity index (χ3v) is 6.52. The Bertz CT molecular complexity index is 1140. The van der Waals surface area contributed by atoms with E-state index < -0.39 is 0 Å². The number of hydrogen-bond acceptors (Lipinski definition) is 4. The van der Waals surface area contributed by atoms with E-state index in [1.54, 1.807) is 6.20 Å². The van der Waals surface area contributed by atoms with Crippen molar-refractivity contribution in [2.75, 3.05) is 12.1 Å². The number of nitrogens with zero attached hydrogens (tertiary/aromatic N) is 2. The highest BCUT2D eigenvalue weighted by Gasteiger charge is 2.26. The number of rotatable bonds is 10. The summed E-state index contributed by atoms with van der Waals surface area (Å²) in [5, 5.41) is 7.57. The SMILES string of the molecule is CCCCCC(CC(=O)Nc1cc(Cn2cccn2)ccc1C(C)(C)C)c1cccc2c1OCO2.Cl. The molecule has 7 heteroatoms. The molecule has 2 aromatic carbocycles. The van der Waals surface area contributed by atoms with Crippen LogP contribution in [-0.4, -0.2) is 22.5 Å². The van der Waals surface area contributed by atoms with Gasteiger partial charge < -0.3 is 14.8 Å². The molecule has 3 aromatic rings. The Labute approximate surface area is 220 Å². The molecule has 1 N–H and O–H groups in total. The van der Waals surface area contributed by atoms with Crippen LogP contribution in [0.3, 0.4) is 0 Å². The van der Waals surface area contributed by atoms with Crippen LogP contribution >= 0.6 is 12.4 Å². The molecule has 1 aliphatic heterocycles. The first kappa shape index (κ1) is 27.6. The second kappa shape index (κ2) is 12.3. The zero-order valence-electron chi connectivity index (χ0n) is 21.8. The number of halogens is 1. The molecule has 36 heavy (non-hydrogen) atoms. The van der Waals surface area contributed by atoms with Crippen molar-refractivity contribution in [3.05, 3.63) is 71.5 Å². The molecule has 0 bridgehead atoms. The first-order valence-corrected chi connectivity index (χ1v) is 12.6. The Morgan fingerprint density at radius 1 is 1.14 bits per heavy atom. The number of hydrogen-bond donors (Lipinski definition) is 1. The molecule has 6 nitrogen and oxygen atoms in total. The molecule has 1 amide bonds. The number of carbonyl (C=O) groups is 1. The smallest absolute Gasteiger partial charge is 0.231 e. The summed E-state index contributed by atoms with van der Waals surface area (Å²) < 4.78 is 13.3. The Morgan fingerprint density at radius 2 is 1.97 bits per heavy atom. The normalized spacial score (nSPS) is 13.2. The summed E-state index contributed by atoms with van der Waals surface area (Å²) in [5.74, 6) is 1.65. The van der Waals surface area contributed by atoms with Gasteiger partial charge in [-0.15, -0.1) is 12.4 Å². The lowest BCUT2D eigenvalue weighted by molar-refractivity contribution is -0.116.